The van der Waals surface area contributed by atoms with Gasteiger partial charge in [-0.15, -0.1) is 12.4 Å². The molecule has 0 bridgehead atoms. The Hall–Kier alpha value is -0.320. The monoisotopic (exact) mass is 250 g/mol. The number of hydrogen-bond acceptors (Lipinski definition) is 3. The van der Waals surface area contributed by atoms with Crippen molar-refractivity contribution in [3.8, 4) is 0 Å². The summed E-state index contributed by atoms with van der Waals surface area (Å²) in [5.41, 5.74) is 0. The van der Waals surface area contributed by atoms with Gasteiger partial charge in [-0.2, -0.15) is 0 Å². The van der Waals surface area contributed by atoms with Crippen molar-refractivity contribution in [2.75, 3.05) is 26.7 Å². The summed E-state index contributed by atoms with van der Waals surface area (Å²) in [4.78, 5) is 13.9. The van der Waals surface area contributed by atoms with Gasteiger partial charge in [0, 0.05) is 19.5 Å². The number of ether oxygens (including phenoxy) is 1. The Labute approximate surface area is 104 Å². The second-order valence-electron chi connectivity index (χ2n) is 4.11. The van der Waals surface area contributed by atoms with E-state index in [1.54, 1.807) is 0 Å². The molecule has 1 rings (SSSR count). The third kappa shape index (κ3) is 4.28. The van der Waals surface area contributed by atoms with E-state index in [4.69, 9.17) is 4.74 Å². The topological polar surface area (TPSA) is 41.6 Å². The molecule has 2 unspecified atom stereocenters. The van der Waals surface area contributed by atoms with E-state index in [-0.39, 0.29) is 30.5 Å². The van der Waals surface area contributed by atoms with E-state index in [1.807, 2.05) is 18.9 Å². The predicted molar refractivity (Wildman–Crippen MR) is 67.0 cm³/mol. The van der Waals surface area contributed by atoms with Gasteiger partial charge in [-0.05, 0) is 20.4 Å². The van der Waals surface area contributed by atoms with Crippen LogP contribution in [0.3, 0.4) is 0 Å². The fraction of sp³-hybridized carbons (Fsp3) is 0.909. The van der Waals surface area contributed by atoms with Crippen molar-refractivity contribution < 1.29 is 9.53 Å². The van der Waals surface area contributed by atoms with Crippen molar-refractivity contribution in [3.05, 3.63) is 0 Å². The molecule has 1 amide bonds. The van der Waals surface area contributed by atoms with Gasteiger partial charge in [0.15, 0.2) is 0 Å². The lowest BCUT2D eigenvalue weighted by atomic mass is 10.1. The minimum Gasteiger partial charge on any atom is -0.375 e. The highest BCUT2D eigenvalue weighted by atomic mass is 35.5. The first-order chi connectivity index (χ1) is 7.19. The number of nitrogens with zero attached hydrogens (tertiary/aromatic N) is 1. The van der Waals surface area contributed by atoms with Crippen molar-refractivity contribution in [1.82, 2.24) is 10.2 Å². The smallest absolute Gasteiger partial charge is 0.224 e. The molecule has 1 N–H and O–H groups in total. The summed E-state index contributed by atoms with van der Waals surface area (Å²) >= 11 is 0. The van der Waals surface area contributed by atoms with Gasteiger partial charge in [0.05, 0.1) is 18.8 Å². The Morgan fingerprint density at radius 2 is 2.25 bits per heavy atom. The SMILES string of the molecule is CCC1COC(C)CN1C(=O)CCNC.Cl. The van der Waals surface area contributed by atoms with Gasteiger partial charge in [-0.1, -0.05) is 6.92 Å². The maximum atomic E-state index is 11.9. The van der Waals surface area contributed by atoms with E-state index in [0.717, 1.165) is 19.5 Å². The van der Waals surface area contributed by atoms with Crippen LogP contribution < -0.4 is 5.32 Å². The van der Waals surface area contributed by atoms with Crippen molar-refractivity contribution in [3.63, 3.8) is 0 Å². The van der Waals surface area contributed by atoms with Gasteiger partial charge in [-0.3, -0.25) is 4.79 Å². The Morgan fingerprint density at radius 3 is 2.81 bits per heavy atom. The van der Waals surface area contributed by atoms with Crippen molar-refractivity contribution in [2.24, 2.45) is 0 Å². The molecule has 0 saturated carbocycles. The molecular formula is C11H23ClN2O2. The molecule has 0 aromatic rings. The number of rotatable bonds is 4. The lowest BCUT2D eigenvalue weighted by molar-refractivity contribution is -0.144. The molecule has 0 aliphatic carbocycles. The molecule has 2 atom stereocenters. The van der Waals surface area contributed by atoms with Crippen LogP contribution in [0.1, 0.15) is 26.7 Å². The van der Waals surface area contributed by atoms with Crippen LogP contribution in [-0.4, -0.2) is 49.7 Å². The van der Waals surface area contributed by atoms with Gasteiger partial charge in [0.25, 0.3) is 0 Å². The highest BCUT2D eigenvalue weighted by Gasteiger charge is 2.28. The summed E-state index contributed by atoms with van der Waals surface area (Å²) in [5.74, 6) is 0.242. The van der Waals surface area contributed by atoms with E-state index in [9.17, 15) is 4.79 Å². The first-order valence-corrected chi connectivity index (χ1v) is 5.74. The normalized spacial score (nSPS) is 25.1. The van der Waals surface area contributed by atoms with Crippen LogP contribution in [0.15, 0.2) is 0 Å². The summed E-state index contributed by atoms with van der Waals surface area (Å²) in [6, 6.07) is 0.269. The number of carbonyl (C=O) groups excluding carboxylic acids is 1. The maximum Gasteiger partial charge on any atom is 0.224 e. The molecule has 0 radical (unpaired) electrons. The van der Waals surface area contributed by atoms with Crippen LogP contribution in [0.5, 0.6) is 0 Å². The summed E-state index contributed by atoms with van der Waals surface area (Å²) in [6.07, 6.45) is 1.73. The lowest BCUT2D eigenvalue weighted by Gasteiger charge is -2.38. The number of nitrogens with one attached hydrogen (secondary N) is 1. The Balaban J connectivity index is 0.00000225. The molecule has 5 heteroatoms. The summed E-state index contributed by atoms with van der Waals surface area (Å²) in [5, 5.41) is 3.00. The Kier molecular flexibility index (Phi) is 7.72. The maximum absolute atomic E-state index is 11.9. The van der Waals surface area contributed by atoms with Gasteiger partial charge in [-0.25, -0.2) is 0 Å². The number of halogens is 1. The van der Waals surface area contributed by atoms with Crippen LogP contribution in [0.4, 0.5) is 0 Å². The minimum atomic E-state index is 0. The van der Waals surface area contributed by atoms with Crippen LogP contribution in [0.2, 0.25) is 0 Å². The quantitative estimate of drug-likeness (QED) is 0.811. The number of morpholine rings is 1. The fourth-order valence-electron chi connectivity index (χ4n) is 1.86. The number of hydrogen-bond donors (Lipinski definition) is 1. The van der Waals surface area contributed by atoms with Crippen LogP contribution in [0.25, 0.3) is 0 Å². The fourth-order valence-corrected chi connectivity index (χ4v) is 1.86. The van der Waals surface area contributed by atoms with Crippen LogP contribution in [-0.2, 0) is 9.53 Å². The van der Waals surface area contributed by atoms with Gasteiger partial charge >= 0.3 is 0 Å². The number of carbonyl (C=O) groups is 1. The third-order valence-electron chi connectivity index (χ3n) is 2.85. The summed E-state index contributed by atoms with van der Waals surface area (Å²) in [7, 11) is 1.87. The van der Waals surface area contributed by atoms with E-state index >= 15 is 0 Å². The highest BCUT2D eigenvalue weighted by Crippen LogP contribution is 2.15. The zero-order valence-electron chi connectivity index (χ0n) is 10.4. The highest BCUT2D eigenvalue weighted by molar-refractivity contribution is 5.85. The molecule has 1 aliphatic heterocycles. The van der Waals surface area contributed by atoms with E-state index < -0.39 is 0 Å². The molecule has 0 aromatic carbocycles. The summed E-state index contributed by atoms with van der Waals surface area (Å²) in [6.45, 7) is 6.29. The molecule has 96 valence electrons. The van der Waals surface area contributed by atoms with Crippen LogP contribution >= 0.6 is 12.4 Å². The predicted octanol–water partition coefficient (Wildman–Crippen LogP) is 1.04. The third-order valence-corrected chi connectivity index (χ3v) is 2.85. The van der Waals surface area contributed by atoms with E-state index in [2.05, 4.69) is 12.2 Å². The number of amides is 1. The Morgan fingerprint density at radius 1 is 1.56 bits per heavy atom. The first-order valence-electron chi connectivity index (χ1n) is 5.74. The molecule has 16 heavy (non-hydrogen) atoms. The van der Waals surface area contributed by atoms with Gasteiger partial charge < -0.3 is 15.0 Å². The second kappa shape index (κ2) is 7.87. The molecular weight excluding hydrogens is 228 g/mol. The molecule has 1 saturated heterocycles. The van der Waals surface area contributed by atoms with Crippen LogP contribution in [0, 0.1) is 0 Å². The van der Waals surface area contributed by atoms with Crippen molar-refractivity contribution in [2.45, 2.75) is 38.8 Å². The Bertz CT molecular complexity index is 214. The zero-order valence-corrected chi connectivity index (χ0v) is 11.2. The summed E-state index contributed by atoms with van der Waals surface area (Å²) < 4.78 is 5.56. The largest absolute Gasteiger partial charge is 0.375 e. The average Bonchev–Trinajstić information content (AvgIpc) is 2.25. The van der Waals surface area contributed by atoms with E-state index in [0.29, 0.717) is 13.0 Å². The van der Waals surface area contributed by atoms with E-state index in [1.165, 1.54) is 0 Å². The first kappa shape index (κ1) is 15.7. The van der Waals surface area contributed by atoms with Crippen molar-refractivity contribution >= 4 is 18.3 Å². The zero-order chi connectivity index (χ0) is 11.3. The molecule has 0 spiro atoms. The van der Waals surface area contributed by atoms with Crippen molar-refractivity contribution in [1.29, 1.82) is 0 Å². The molecule has 1 heterocycles. The van der Waals surface area contributed by atoms with Gasteiger partial charge in [0.2, 0.25) is 5.91 Å². The average molecular weight is 251 g/mol. The molecule has 4 nitrogen and oxygen atoms in total. The molecule has 1 aliphatic rings. The second-order valence-corrected chi connectivity index (χ2v) is 4.11. The minimum absolute atomic E-state index is 0. The standard InChI is InChI=1S/C11H22N2O2.ClH/c1-4-10-8-15-9(2)7-13(10)11(14)5-6-12-3;/h9-10,12H,4-8H2,1-3H3;1H. The molecule has 0 aromatic heterocycles. The molecule has 1 fully saturated rings. The van der Waals surface area contributed by atoms with Gasteiger partial charge in [0.1, 0.15) is 0 Å². The lowest BCUT2D eigenvalue weighted by Crippen LogP contribution is -2.51.